The molecule has 0 atom stereocenters. The predicted octanol–water partition coefficient (Wildman–Crippen LogP) is 4.37. The number of sulfonamides is 1. The van der Waals surface area contributed by atoms with Crippen molar-refractivity contribution in [3.8, 4) is 0 Å². The Hall–Kier alpha value is -2.71. The fraction of sp³-hybridized carbons (Fsp3) is 0.440. The van der Waals surface area contributed by atoms with Crippen LogP contribution in [-0.4, -0.2) is 55.6 Å². The lowest BCUT2D eigenvalue weighted by Crippen LogP contribution is -2.38. The largest absolute Gasteiger partial charge is 0.339 e. The van der Waals surface area contributed by atoms with Gasteiger partial charge in [0.1, 0.15) is 0 Å². The normalized spacial score (nSPS) is 14.8. The van der Waals surface area contributed by atoms with E-state index in [9.17, 15) is 18.0 Å². The fourth-order valence-corrected chi connectivity index (χ4v) is 5.59. The third-order valence-electron chi connectivity index (χ3n) is 6.32. The van der Waals surface area contributed by atoms with Crippen LogP contribution in [0, 0.1) is 0 Å². The molecule has 1 saturated carbocycles. The van der Waals surface area contributed by atoms with Crippen LogP contribution in [0.5, 0.6) is 0 Å². The van der Waals surface area contributed by atoms with Gasteiger partial charge in [-0.15, -0.1) is 0 Å². The van der Waals surface area contributed by atoms with E-state index in [0.29, 0.717) is 29.9 Å². The fourth-order valence-electron chi connectivity index (χ4n) is 4.18. The summed E-state index contributed by atoms with van der Waals surface area (Å²) in [7, 11) is -1.96. The van der Waals surface area contributed by atoms with Crippen LogP contribution in [0.15, 0.2) is 53.4 Å². The van der Waals surface area contributed by atoms with Gasteiger partial charge in [0.25, 0.3) is 11.8 Å². The summed E-state index contributed by atoms with van der Waals surface area (Å²) in [6.45, 7) is 5.13. The lowest BCUT2D eigenvalue weighted by Gasteiger charge is -2.30. The SMILES string of the molecule is CCN(CC)C(=O)c1ccc(NC(=O)c2ccc(S(=O)(=O)N(C)C3CCCCC3)cc2)cc1. The van der Waals surface area contributed by atoms with E-state index in [1.807, 2.05) is 13.8 Å². The second-order valence-electron chi connectivity index (χ2n) is 8.35. The van der Waals surface area contributed by atoms with E-state index in [-0.39, 0.29) is 22.8 Å². The lowest BCUT2D eigenvalue weighted by atomic mass is 9.96. The van der Waals surface area contributed by atoms with Gasteiger partial charge in [0, 0.05) is 43.0 Å². The molecule has 0 bridgehead atoms. The van der Waals surface area contributed by atoms with Gasteiger partial charge in [0.15, 0.2) is 0 Å². The summed E-state index contributed by atoms with van der Waals surface area (Å²) < 4.78 is 27.4. The maximum Gasteiger partial charge on any atom is 0.255 e. The summed E-state index contributed by atoms with van der Waals surface area (Å²) >= 11 is 0. The number of nitrogens with one attached hydrogen (secondary N) is 1. The second-order valence-corrected chi connectivity index (χ2v) is 10.3. The minimum Gasteiger partial charge on any atom is -0.339 e. The van der Waals surface area contributed by atoms with Gasteiger partial charge in [-0.05, 0) is 75.2 Å². The van der Waals surface area contributed by atoms with Crippen molar-refractivity contribution in [2.75, 3.05) is 25.5 Å². The summed E-state index contributed by atoms with van der Waals surface area (Å²) in [4.78, 5) is 27.0. The minimum atomic E-state index is -3.60. The monoisotopic (exact) mass is 471 g/mol. The molecular formula is C25H33N3O4S. The van der Waals surface area contributed by atoms with Gasteiger partial charge in [0.2, 0.25) is 10.0 Å². The maximum absolute atomic E-state index is 13.0. The predicted molar refractivity (Wildman–Crippen MR) is 130 cm³/mol. The van der Waals surface area contributed by atoms with Crippen LogP contribution in [-0.2, 0) is 10.0 Å². The van der Waals surface area contributed by atoms with Gasteiger partial charge in [-0.2, -0.15) is 4.31 Å². The summed E-state index contributed by atoms with van der Waals surface area (Å²) in [6, 6.07) is 12.8. The third kappa shape index (κ3) is 5.81. The van der Waals surface area contributed by atoms with E-state index >= 15 is 0 Å². The molecule has 8 heteroatoms. The molecule has 1 aliphatic rings. The van der Waals surface area contributed by atoms with Crippen molar-refractivity contribution in [1.82, 2.24) is 9.21 Å². The topological polar surface area (TPSA) is 86.8 Å². The molecule has 33 heavy (non-hydrogen) atoms. The number of hydrogen-bond acceptors (Lipinski definition) is 4. The average Bonchev–Trinajstić information content (AvgIpc) is 2.85. The number of rotatable bonds is 8. The highest BCUT2D eigenvalue weighted by molar-refractivity contribution is 7.89. The number of carbonyl (C=O) groups excluding carboxylic acids is 2. The smallest absolute Gasteiger partial charge is 0.255 e. The number of nitrogens with zero attached hydrogens (tertiary/aromatic N) is 2. The first-order chi connectivity index (χ1) is 15.8. The summed E-state index contributed by atoms with van der Waals surface area (Å²) in [5.74, 6) is -0.393. The number of benzene rings is 2. The van der Waals surface area contributed by atoms with Gasteiger partial charge in [-0.3, -0.25) is 9.59 Å². The molecule has 0 aromatic heterocycles. The van der Waals surface area contributed by atoms with Crippen LogP contribution in [0.4, 0.5) is 5.69 Å². The van der Waals surface area contributed by atoms with Gasteiger partial charge in [0.05, 0.1) is 4.90 Å². The molecule has 0 radical (unpaired) electrons. The Labute approximate surface area is 196 Å². The number of anilines is 1. The molecule has 0 heterocycles. The first kappa shape index (κ1) is 24.9. The number of carbonyl (C=O) groups is 2. The zero-order valence-electron chi connectivity index (χ0n) is 19.6. The molecule has 1 fully saturated rings. The molecule has 3 rings (SSSR count). The lowest BCUT2D eigenvalue weighted by molar-refractivity contribution is 0.0773. The van der Waals surface area contributed by atoms with Gasteiger partial charge in [-0.1, -0.05) is 19.3 Å². The zero-order valence-corrected chi connectivity index (χ0v) is 20.4. The van der Waals surface area contributed by atoms with Crippen molar-refractivity contribution in [2.24, 2.45) is 0 Å². The Morgan fingerprint density at radius 1 is 0.879 bits per heavy atom. The molecule has 2 aromatic carbocycles. The number of hydrogen-bond donors (Lipinski definition) is 1. The Morgan fingerprint density at radius 2 is 1.42 bits per heavy atom. The van der Waals surface area contributed by atoms with Gasteiger partial charge < -0.3 is 10.2 Å². The van der Waals surface area contributed by atoms with Crippen LogP contribution >= 0.6 is 0 Å². The third-order valence-corrected chi connectivity index (χ3v) is 8.25. The molecule has 7 nitrogen and oxygen atoms in total. The van der Waals surface area contributed by atoms with Crippen LogP contribution in [0.25, 0.3) is 0 Å². The molecule has 0 spiro atoms. The van der Waals surface area contributed by atoms with Crippen molar-refractivity contribution in [3.63, 3.8) is 0 Å². The maximum atomic E-state index is 13.0. The van der Waals surface area contributed by atoms with Crippen LogP contribution < -0.4 is 5.32 Å². The van der Waals surface area contributed by atoms with Crippen LogP contribution in [0.1, 0.15) is 66.7 Å². The second kappa shape index (κ2) is 10.9. The molecule has 2 amide bonds. The van der Waals surface area contributed by atoms with E-state index in [1.165, 1.54) is 28.6 Å². The zero-order chi connectivity index (χ0) is 24.0. The van der Waals surface area contributed by atoms with Crippen molar-refractivity contribution in [1.29, 1.82) is 0 Å². The first-order valence-corrected chi connectivity index (χ1v) is 13.0. The highest BCUT2D eigenvalue weighted by atomic mass is 32.2. The van der Waals surface area contributed by atoms with Crippen molar-refractivity contribution in [2.45, 2.75) is 56.9 Å². The molecule has 0 unspecified atom stereocenters. The highest BCUT2D eigenvalue weighted by Crippen LogP contribution is 2.26. The Bertz CT molecular complexity index is 1060. The van der Waals surface area contributed by atoms with E-state index in [0.717, 1.165) is 32.1 Å². The van der Waals surface area contributed by atoms with Crippen molar-refractivity contribution >= 4 is 27.5 Å². The van der Waals surface area contributed by atoms with E-state index in [2.05, 4.69) is 5.32 Å². The average molecular weight is 472 g/mol. The van der Waals surface area contributed by atoms with E-state index in [1.54, 1.807) is 36.2 Å². The van der Waals surface area contributed by atoms with Crippen LogP contribution in [0.3, 0.4) is 0 Å². The standard InChI is InChI=1S/C25H33N3O4S/c1-4-28(5-2)25(30)20-11-15-21(16-12-20)26-24(29)19-13-17-23(18-14-19)33(31,32)27(3)22-9-7-6-8-10-22/h11-18,22H,4-10H2,1-3H3,(H,26,29). The molecule has 1 N–H and O–H groups in total. The summed E-state index contributed by atoms with van der Waals surface area (Å²) in [5, 5.41) is 2.79. The Balaban J connectivity index is 1.66. The molecule has 178 valence electrons. The highest BCUT2D eigenvalue weighted by Gasteiger charge is 2.29. The van der Waals surface area contributed by atoms with Crippen molar-refractivity contribution in [3.05, 3.63) is 59.7 Å². The first-order valence-electron chi connectivity index (χ1n) is 11.6. The molecular weight excluding hydrogens is 438 g/mol. The molecule has 1 aliphatic carbocycles. The Morgan fingerprint density at radius 3 is 1.97 bits per heavy atom. The summed E-state index contributed by atoms with van der Waals surface area (Å²) in [6.07, 6.45) is 5.02. The molecule has 0 aliphatic heterocycles. The Kier molecular flexibility index (Phi) is 8.26. The summed E-state index contributed by atoms with van der Waals surface area (Å²) in [5.41, 5.74) is 1.48. The van der Waals surface area contributed by atoms with E-state index < -0.39 is 10.0 Å². The minimum absolute atomic E-state index is 0.0308. The van der Waals surface area contributed by atoms with E-state index in [4.69, 9.17) is 0 Å². The van der Waals surface area contributed by atoms with Gasteiger partial charge in [-0.25, -0.2) is 8.42 Å². The van der Waals surface area contributed by atoms with Gasteiger partial charge >= 0.3 is 0 Å². The molecule has 0 saturated heterocycles. The van der Waals surface area contributed by atoms with Crippen LogP contribution in [0.2, 0.25) is 0 Å². The van der Waals surface area contributed by atoms with Crippen molar-refractivity contribution < 1.29 is 18.0 Å². The quantitative estimate of drug-likeness (QED) is 0.619. The molecule has 2 aromatic rings. The number of amides is 2.